The fraction of sp³-hybridized carbons (Fsp3) is 0.304. The summed E-state index contributed by atoms with van der Waals surface area (Å²) < 4.78 is 5.18. The fourth-order valence-corrected chi connectivity index (χ4v) is 3.53. The van der Waals surface area contributed by atoms with E-state index in [1.807, 2.05) is 19.1 Å². The number of likely N-dealkylation sites (tertiary alicyclic amines) is 1. The summed E-state index contributed by atoms with van der Waals surface area (Å²) in [5, 5.41) is 0. The van der Waals surface area contributed by atoms with Crippen LogP contribution < -0.4 is 5.73 Å². The van der Waals surface area contributed by atoms with Gasteiger partial charge in [0.2, 0.25) is 5.91 Å². The predicted molar refractivity (Wildman–Crippen MR) is 110 cm³/mol. The van der Waals surface area contributed by atoms with E-state index in [1.54, 1.807) is 30.3 Å². The monoisotopic (exact) mass is 408 g/mol. The van der Waals surface area contributed by atoms with E-state index in [4.69, 9.17) is 10.5 Å². The number of nitrogens with zero attached hydrogens (tertiary/aromatic N) is 1. The third-order valence-electron chi connectivity index (χ3n) is 5.18. The standard InChI is InChI=1S/C23H24N2O5/c1-15-9-11-16(12-10-15)21(27)17-6-2-3-7-18(17)23(29)30-14-20(26)25-13-5-4-8-19(25)22(24)28/h2-3,6-7,9-12,19H,4-5,8,13-14H2,1H3,(H2,24,28)/t19-/m0/s1. The van der Waals surface area contributed by atoms with Crippen LogP contribution in [0.1, 0.15) is 51.1 Å². The molecule has 0 radical (unpaired) electrons. The molecule has 0 spiro atoms. The number of hydrogen-bond acceptors (Lipinski definition) is 5. The van der Waals surface area contributed by atoms with Crippen LogP contribution in [0.25, 0.3) is 0 Å². The summed E-state index contributed by atoms with van der Waals surface area (Å²) in [6, 6.07) is 12.7. The number of primary amides is 1. The molecule has 1 aliphatic rings. The first-order chi connectivity index (χ1) is 14.4. The Morgan fingerprint density at radius 2 is 1.67 bits per heavy atom. The van der Waals surface area contributed by atoms with Gasteiger partial charge in [-0.3, -0.25) is 14.4 Å². The van der Waals surface area contributed by atoms with Gasteiger partial charge in [-0.1, -0.05) is 48.0 Å². The van der Waals surface area contributed by atoms with Crippen molar-refractivity contribution in [2.75, 3.05) is 13.2 Å². The first-order valence-electron chi connectivity index (χ1n) is 9.85. The number of carbonyl (C=O) groups excluding carboxylic acids is 4. The van der Waals surface area contributed by atoms with Crippen molar-refractivity contribution in [1.29, 1.82) is 0 Å². The van der Waals surface area contributed by atoms with E-state index in [1.165, 1.54) is 11.0 Å². The van der Waals surface area contributed by atoms with Crippen LogP contribution in [0.3, 0.4) is 0 Å². The number of hydrogen-bond donors (Lipinski definition) is 1. The SMILES string of the molecule is Cc1ccc(C(=O)c2ccccc2C(=O)OCC(=O)N2CCCC[C@H]2C(N)=O)cc1. The molecule has 1 heterocycles. The summed E-state index contributed by atoms with van der Waals surface area (Å²) >= 11 is 0. The van der Waals surface area contributed by atoms with Crippen molar-refractivity contribution in [2.24, 2.45) is 5.73 Å². The van der Waals surface area contributed by atoms with Crippen molar-refractivity contribution in [3.05, 3.63) is 70.8 Å². The second kappa shape index (κ2) is 9.35. The van der Waals surface area contributed by atoms with Gasteiger partial charge >= 0.3 is 5.97 Å². The summed E-state index contributed by atoms with van der Waals surface area (Å²) in [7, 11) is 0. The Balaban J connectivity index is 1.71. The summed E-state index contributed by atoms with van der Waals surface area (Å²) in [6.45, 7) is 1.80. The molecule has 1 aliphatic heterocycles. The molecule has 2 aromatic rings. The van der Waals surface area contributed by atoms with Crippen LogP contribution in [0.15, 0.2) is 48.5 Å². The minimum absolute atomic E-state index is 0.0842. The Morgan fingerprint density at radius 3 is 2.33 bits per heavy atom. The maximum atomic E-state index is 12.9. The summed E-state index contributed by atoms with van der Waals surface area (Å²) in [6.07, 6.45) is 2.08. The van der Waals surface area contributed by atoms with Gasteiger partial charge in [-0.05, 0) is 32.3 Å². The highest BCUT2D eigenvalue weighted by Crippen LogP contribution is 2.19. The minimum atomic E-state index is -0.771. The van der Waals surface area contributed by atoms with E-state index >= 15 is 0 Å². The van der Waals surface area contributed by atoms with E-state index in [-0.39, 0.29) is 16.9 Å². The molecule has 2 N–H and O–H groups in total. The van der Waals surface area contributed by atoms with Gasteiger partial charge in [0.05, 0.1) is 5.56 Å². The van der Waals surface area contributed by atoms with Crippen molar-refractivity contribution in [3.8, 4) is 0 Å². The lowest BCUT2D eigenvalue weighted by atomic mass is 9.98. The largest absolute Gasteiger partial charge is 0.452 e. The van der Waals surface area contributed by atoms with Crippen molar-refractivity contribution < 1.29 is 23.9 Å². The lowest BCUT2D eigenvalue weighted by Gasteiger charge is -2.33. The van der Waals surface area contributed by atoms with E-state index in [2.05, 4.69) is 0 Å². The fourth-order valence-electron chi connectivity index (χ4n) is 3.53. The number of ether oxygens (including phenoxy) is 1. The van der Waals surface area contributed by atoms with Crippen LogP contribution in [0.4, 0.5) is 0 Å². The Morgan fingerprint density at radius 1 is 1.00 bits per heavy atom. The van der Waals surface area contributed by atoms with Crippen LogP contribution in [-0.4, -0.2) is 47.7 Å². The number of aryl methyl sites for hydroxylation is 1. The molecule has 7 nitrogen and oxygen atoms in total. The van der Waals surface area contributed by atoms with Gasteiger partial charge < -0.3 is 15.4 Å². The number of nitrogens with two attached hydrogens (primary N) is 1. The van der Waals surface area contributed by atoms with Gasteiger partial charge in [-0.25, -0.2) is 4.79 Å². The smallest absolute Gasteiger partial charge is 0.339 e. The molecule has 2 aromatic carbocycles. The lowest BCUT2D eigenvalue weighted by Crippen LogP contribution is -2.51. The lowest BCUT2D eigenvalue weighted by molar-refractivity contribution is -0.143. The third kappa shape index (κ3) is 4.74. The van der Waals surface area contributed by atoms with Gasteiger partial charge in [0.1, 0.15) is 6.04 Å². The average Bonchev–Trinajstić information content (AvgIpc) is 2.77. The van der Waals surface area contributed by atoms with Crippen molar-refractivity contribution in [3.63, 3.8) is 0 Å². The molecule has 0 aliphatic carbocycles. The zero-order valence-corrected chi connectivity index (χ0v) is 16.8. The van der Waals surface area contributed by atoms with Crippen LogP contribution in [-0.2, 0) is 14.3 Å². The number of esters is 1. The van der Waals surface area contributed by atoms with Crippen molar-refractivity contribution >= 4 is 23.6 Å². The number of piperidine rings is 1. The van der Waals surface area contributed by atoms with E-state index in [9.17, 15) is 19.2 Å². The molecule has 7 heteroatoms. The molecule has 0 saturated carbocycles. The summed E-state index contributed by atoms with van der Waals surface area (Å²) in [5.41, 5.74) is 7.14. The second-order valence-electron chi connectivity index (χ2n) is 7.32. The highest BCUT2D eigenvalue weighted by Gasteiger charge is 2.31. The molecule has 156 valence electrons. The normalized spacial score (nSPS) is 16.0. The van der Waals surface area contributed by atoms with Crippen molar-refractivity contribution in [1.82, 2.24) is 4.90 Å². The van der Waals surface area contributed by atoms with Crippen LogP contribution in [0.5, 0.6) is 0 Å². The zero-order valence-electron chi connectivity index (χ0n) is 16.8. The Kier molecular flexibility index (Phi) is 6.61. The van der Waals surface area contributed by atoms with Gasteiger partial charge in [0, 0.05) is 17.7 Å². The van der Waals surface area contributed by atoms with Crippen molar-refractivity contribution in [2.45, 2.75) is 32.2 Å². The highest BCUT2D eigenvalue weighted by atomic mass is 16.5. The van der Waals surface area contributed by atoms with Gasteiger partial charge in [0.25, 0.3) is 5.91 Å². The molecular weight excluding hydrogens is 384 g/mol. The number of ketones is 1. The number of benzene rings is 2. The highest BCUT2D eigenvalue weighted by molar-refractivity contribution is 6.14. The Hall–Kier alpha value is -3.48. The molecular formula is C23H24N2O5. The topological polar surface area (TPSA) is 107 Å². The molecule has 2 amide bonds. The molecule has 0 unspecified atom stereocenters. The molecule has 30 heavy (non-hydrogen) atoms. The van der Waals surface area contributed by atoms with Crippen LogP contribution in [0, 0.1) is 6.92 Å². The first kappa shape index (κ1) is 21.2. The third-order valence-corrected chi connectivity index (χ3v) is 5.18. The predicted octanol–water partition coefficient (Wildman–Crippen LogP) is 2.25. The van der Waals surface area contributed by atoms with E-state index in [0.717, 1.165) is 18.4 Å². The number of rotatable bonds is 6. The molecule has 1 fully saturated rings. The maximum Gasteiger partial charge on any atom is 0.339 e. The molecule has 1 saturated heterocycles. The van der Waals surface area contributed by atoms with Crippen LogP contribution >= 0.6 is 0 Å². The Bertz CT molecular complexity index is 968. The molecule has 3 rings (SSSR count). The van der Waals surface area contributed by atoms with E-state index < -0.39 is 30.4 Å². The quantitative estimate of drug-likeness (QED) is 0.583. The molecule has 0 bridgehead atoms. The first-order valence-corrected chi connectivity index (χ1v) is 9.85. The van der Waals surface area contributed by atoms with Gasteiger partial charge in [0.15, 0.2) is 12.4 Å². The minimum Gasteiger partial charge on any atom is -0.452 e. The summed E-state index contributed by atoms with van der Waals surface area (Å²) in [5.74, 6) is -2.12. The summed E-state index contributed by atoms with van der Waals surface area (Å²) in [4.78, 5) is 50.9. The zero-order chi connectivity index (χ0) is 21.7. The van der Waals surface area contributed by atoms with Gasteiger partial charge in [-0.15, -0.1) is 0 Å². The Labute approximate surface area is 174 Å². The number of carbonyl (C=O) groups is 4. The van der Waals surface area contributed by atoms with Gasteiger partial charge in [-0.2, -0.15) is 0 Å². The maximum absolute atomic E-state index is 12.9. The molecule has 0 aromatic heterocycles. The number of amides is 2. The van der Waals surface area contributed by atoms with Crippen LogP contribution in [0.2, 0.25) is 0 Å². The van der Waals surface area contributed by atoms with E-state index in [0.29, 0.717) is 18.5 Å². The average molecular weight is 408 g/mol. The molecule has 1 atom stereocenters. The second-order valence-corrected chi connectivity index (χ2v) is 7.32.